The second-order valence-corrected chi connectivity index (χ2v) is 6.12. The fourth-order valence-corrected chi connectivity index (χ4v) is 4.15. The summed E-state index contributed by atoms with van der Waals surface area (Å²) in [6.07, 6.45) is 5.52. The van der Waals surface area contributed by atoms with Gasteiger partial charge in [-0.15, -0.1) is 0 Å². The van der Waals surface area contributed by atoms with Crippen molar-refractivity contribution >= 4 is 11.8 Å². The summed E-state index contributed by atoms with van der Waals surface area (Å²) in [4.78, 5) is 2.76. The molecule has 15 heavy (non-hydrogen) atoms. The molecule has 2 fully saturated rings. The van der Waals surface area contributed by atoms with Crippen LogP contribution < -0.4 is 5.32 Å². The summed E-state index contributed by atoms with van der Waals surface area (Å²) in [6.45, 7) is 3.71. The summed E-state index contributed by atoms with van der Waals surface area (Å²) in [6, 6.07) is 2.41. The SMILES string of the molecule is CNC1CCN(C2CCCSC2)C(C)C1. The molecular formula is C12H24N2S. The van der Waals surface area contributed by atoms with Gasteiger partial charge in [-0.3, -0.25) is 4.90 Å². The zero-order chi connectivity index (χ0) is 10.7. The first-order chi connectivity index (χ1) is 7.31. The molecule has 0 aromatic rings. The molecule has 2 saturated heterocycles. The largest absolute Gasteiger partial charge is 0.317 e. The molecule has 0 radical (unpaired) electrons. The van der Waals surface area contributed by atoms with Crippen LogP contribution in [0.15, 0.2) is 0 Å². The molecule has 0 aromatic heterocycles. The molecule has 0 spiro atoms. The molecule has 3 atom stereocenters. The minimum Gasteiger partial charge on any atom is -0.317 e. The third-order valence-electron chi connectivity index (χ3n) is 3.94. The Bertz CT molecular complexity index is 192. The fourth-order valence-electron chi connectivity index (χ4n) is 2.98. The number of piperidine rings is 1. The van der Waals surface area contributed by atoms with Crippen molar-refractivity contribution in [2.45, 2.75) is 50.7 Å². The van der Waals surface area contributed by atoms with Gasteiger partial charge in [0.25, 0.3) is 0 Å². The molecule has 0 saturated carbocycles. The predicted octanol–water partition coefficient (Wildman–Crippen LogP) is 1.95. The van der Waals surface area contributed by atoms with Crippen molar-refractivity contribution in [1.29, 1.82) is 0 Å². The van der Waals surface area contributed by atoms with Crippen LogP contribution in [0.4, 0.5) is 0 Å². The summed E-state index contributed by atoms with van der Waals surface area (Å²) in [5.41, 5.74) is 0. The first-order valence-electron chi connectivity index (χ1n) is 6.32. The number of nitrogens with one attached hydrogen (secondary N) is 1. The minimum atomic E-state index is 0.757. The van der Waals surface area contributed by atoms with Crippen molar-refractivity contribution < 1.29 is 0 Å². The number of hydrogen-bond donors (Lipinski definition) is 1. The summed E-state index contributed by atoms with van der Waals surface area (Å²) in [7, 11) is 2.10. The van der Waals surface area contributed by atoms with Gasteiger partial charge in [0.1, 0.15) is 0 Å². The van der Waals surface area contributed by atoms with Crippen LogP contribution in [-0.2, 0) is 0 Å². The Hall–Kier alpha value is 0.270. The van der Waals surface area contributed by atoms with Gasteiger partial charge in [0, 0.05) is 30.4 Å². The third-order valence-corrected chi connectivity index (χ3v) is 5.14. The van der Waals surface area contributed by atoms with Gasteiger partial charge in [-0.1, -0.05) is 0 Å². The van der Waals surface area contributed by atoms with Gasteiger partial charge in [0.05, 0.1) is 0 Å². The lowest BCUT2D eigenvalue weighted by Gasteiger charge is -2.43. The Kier molecular flexibility index (Phi) is 4.35. The van der Waals surface area contributed by atoms with Crippen LogP contribution in [0.25, 0.3) is 0 Å². The van der Waals surface area contributed by atoms with E-state index < -0.39 is 0 Å². The molecule has 0 amide bonds. The second-order valence-electron chi connectivity index (χ2n) is 4.97. The molecule has 2 rings (SSSR count). The number of rotatable bonds is 2. The summed E-state index contributed by atoms with van der Waals surface area (Å²) in [5.74, 6) is 2.76. The van der Waals surface area contributed by atoms with Crippen LogP contribution in [0, 0.1) is 0 Å². The summed E-state index contributed by atoms with van der Waals surface area (Å²) < 4.78 is 0. The van der Waals surface area contributed by atoms with Gasteiger partial charge in [-0.25, -0.2) is 0 Å². The Balaban J connectivity index is 1.87. The van der Waals surface area contributed by atoms with Crippen molar-refractivity contribution in [3.8, 4) is 0 Å². The molecule has 2 aliphatic rings. The normalized spacial score (nSPS) is 39.2. The van der Waals surface area contributed by atoms with Gasteiger partial charge >= 0.3 is 0 Å². The molecular weight excluding hydrogens is 204 g/mol. The average Bonchev–Trinajstić information content (AvgIpc) is 2.30. The number of hydrogen-bond acceptors (Lipinski definition) is 3. The molecule has 2 nitrogen and oxygen atoms in total. The monoisotopic (exact) mass is 228 g/mol. The third kappa shape index (κ3) is 2.89. The van der Waals surface area contributed by atoms with E-state index in [0.29, 0.717) is 0 Å². The first-order valence-corrected chi connectivity index (χ1v) is 7.47. The van der Waals surface area contributed by atoms with Crippen molar-refractivity contribution in [3.63, 3.8) is 0 Å². The van der Waals surface area contributed by atoms with E-state index in [-0.39, 0.29) is 0 Å². The topological polar surface area (TPSA) is 15.3 Å². The molecule has 0 aliphatic carbocycles. The lowest BCUT2D eigenvalue weighted by molar-refractivity contribution is 0.0937. The molecule has 3 heteroatoms. The van der Waals surface area contributed by atoms with Gasteiger partial charge in [-0.05, 0) is 45.4 Å². The van der Waals surface area contributed by atoms with Gasteiger partial charge in [-0.2, -0.15) is 11.8 Å². The van der Waals surface area contributed by atoms with Gasteiger partial charge < -0.3 is 5.32 Å². The van der Waals surface area contributed by atoms with Crippen molar-refractivity contribution in [2.75, 3.05) is 25.1 Å². The fraction of sp³-hybridized carbons (Fsp3) is 1.00. The first kappa shape index (κ1) is 11.7. The van der Waals surface area contributed by atoms with Crippen molar-refractivity contribution in [2.24, 2.45) is 0 Å². The Morgan fingerprint density at radius 2 is 2.20 bits per heavy atom. The standard InChI is InChI=1S/C12H24N2S/c1-10-8-11(13-2)5-6-14(10)12-4-3-7-15-9-12/h10-13H,3-9H2,1-2H3. The van der Waals surface area contributed by atoms with E-state index in [2.05, 4.69) is 35.9 Å². The average molecular weight is 228 g/mol. The maximum atomic E-state index is 3.43. The maximum Gasteiger partial charge on any atom is 0.0189 e. The van der Waals surface area contributed by atoms with Gasteiger partial charge in [0.2, 0.25) is 0 Å². The lowest BCUT2D eigenvalue weighted by Crippen LogP contribution is -2.52. The highest BCUT2D eigenvalue weighted by Crippen LogP contribution is 2.27. The van der Waals surface area contributed by atoms with Crippen LogP contribution in [-0.4, -0.2) is 48.1 Å². The highest BCUT2D eigenvalue weighted by molar-refractivity contribution is 7.99. The van der Waals surface area contributed by atoms with Crippen molar-refractivity contribution in [3.05, 3.63) is 0 Å². The molecule has 0 aromatic carbocycles. The Labute approximate surface area is 98.2 Å². The highest BCUT2D eigenvalue weighted by Gasteiger charge is 2.30. The van der Waals surface area contributed by atoms with E-state index in [0.717, 1.165) is 18.1 Å². The van der Waals surface area contributed by atoms with Crippen LogP contribution in [0.2, 0.25) is 0 Å². The number of thioether (sulfide) groups is 1. The zero-order valence-electron chi connectivity index (χ0n) is 10.0. The van der Waals surface area contributed by atoms with E-state index in [4.69, 9.17) is 0 Å². The molecule has 88 valence electrons. The van der Waals surface area contributed by atoms with Crippen LogP contribution >= 0.6 is 11.8 Å². The molecule has 3 unspecified atom stereocenters. The second kappa shape index (κ2) is 5.55. The van der Waals surface area contributed by atoms with Crippen LogP contribution in [0.1, 0.15) is 32.6 Å². The maximum absolute atomic E-state index is 3.43. The van der Waals surface area contributed by atoms with Crippen molar-refractivity contribution in [1.82, 2.24) is 10.2 Å². The Morgan fingerprint density at radius 1 is 1.33 bits per heavy atom. The minimum absolute atomic E-state index is 0.757. The number of likely N-dealkylation sites (tertiary alicyclic amines) is 1. The van der Waals surface area contributed by atoms with Gasteiger partial charge in [0.15, 0.2) is 0 Å². The zero-order valence-corrected chi connectivity index (χ0v) is 10.9. The summed E-state index contributed by atoms with van der Waals surface area (Å²) in [5, 5.41) is 3.43. The lowest BCUT2D eigenvalue weighted by atomic mass is 9.95. The van der Waals surface area contributed by atoms with E-state index in [1.165, 1.54) is 43.7 Å². The highest BCUT2D eigenvalue weighted by atomic mass is 32.2. The number of nitrogens with zero attached hydrogens (tertiary/aromatic N) is 1. The van der Waals surface area contributed by atoms with E-state index in [1.54, 1.807) is 0 Å². The molecule has 0 bridgehead atoms. The molecule has 2 aliphatic heterocycles. The molecule has 1 N–H and O–H groups in total. The molecule has 2 heterocycles. The van der Waals surface area contributed by atoms with E-state index in [9.17, 15) is 0 Å². The van der Waals surface area contributed by atoms with E-state index in [1.807, 2.05) is 0 Å². The van der Waals surface area contributed by atoms with Crippen LogP contribution in [0.3, 0.4) is 0 Å². The predicted molar refractivity (Wildman–Crippen MR) is 68.6 cm³/mol. The Morgan fingerprint density at radius 3 is 2.80 bits per heavy atom. The smallest absolute Gasteiger partial charge is 0.0189 e. The summed E-state index contributed by atoms with van der Waals surface area (Å²) >= 11 is 2.15. The van der Waals surface area contributed by atoms with E-state index >= 15 is 0 Å². The van der Waals surface area contributed by atoms with Crippen LogP contribution in [0.5, 0.6) is 0 Å². The quantitative estimate of drug-likeness (QED) is 0.778.